The topological polar surface area (TPSA) is 144 Å². The number of halogens is 3. The summed E-state index contributed by atoms with van der Waals surface area (Å²) in [7, 11) is 4.26. The summed E-state index contributed by atoms with van der Waals surface area (Å²) in [5.41, 5.74) is 14.5. The molecule has 498 valence electrons. The van der Waals surface area contributed by atoms with Gasteiger partial charge >= 0.3 is 28.5 Å². The lowest BCUT2D eigenvalue weighted by Gasteiger charge is -2.21. The zero-order valence-electron chi connectivity index (χ0n) is 55.1. The first-order chi connectivity index (χ1) is 46.2. The van der Waals surface area contributed by atoms with Gasteiger partial charge in [0, 0.05) is 140 Å². The lowest BCUT2D eigenvalue weighted by atomic mass is 9.76. The minimum Gasteiger partial charge on any atom is -1.00 e. The van der Waals surface area contributed by atoms with Gasteiger partial charge in [-0.1, -0.05) is 126 Å². The highest BCUT2D eigenvalue weighted by Gasteiger charge is 2.28. The van der Waals surface area contributed by atoms with Gasteiger partial charge in [-0.2, -0.15) is 13.7 Å². The van der Waals surface area contributed by atoms with E-state index in [1.807, 2.05) is 18.2 Å². The van der Waals surface area contributed by atoms with Crippen molar-refractivity contribution in [1.82, 2.24) is 0 Å². The highest BCUT2D eigenvalue weighted by Crippen LogP contribution is 2.25. The molecule has 2 aliphatic heterocycles. The lowest BCUT2D eigenvalue weighted by molar-refractivity contribution is -0.664. The maximum absolute atomic E-state index is 9.96. The van der Waals surface area contributed by atoms with E-state index in [1.165, 1.54) is 54.7 Å². The maximum atomic E-state index is 9.96. The molecule has 0 unspecified atom stereocenters. The third-order valence-corrected chi connectivity index (χ3v) is 16.6. The quantitative estimate of drug-likeness (QED) is 0.0234. The minimum absolute atomic E-state index is 0. The van der Waals surface area contributed by atoms with Gasteiger partial charge in [0.05, 0.1) is 37.9 Å². The van der Waals surface area contributed by atoms with E-state index in [0.717, 1.165) is 88.5 Å². The summed E-state index contributed by atoms with van der Waals surface area (Å²) in [6.45, 7) is 7.46. The summed E-state index contributed by atoms with van der Waals surface area (Å²) in [5.74, 6) is 0. The van der Waals surface area contributed by atoms with Crippen LogP contribution >= 0.6 is 15.9 Å². The van der Waals surface area contributed by atoms with Crippen molar-refractivity contribution in [2.45, 2.75) is 71.3 Å². The Bertz CT molecular complexity index is 3990. The molecule has 0 spiro atoms. The van der Waals surface area contributed by atoms with Crippen molar-refractivity contribution in [1.29, 1.82) is 0 Å². The van der Waals surface area contributed by atoms with Gasteiger partial charge in [-0.15, -0.1) is 0 Å². The molecule has 0 atom stereocenters. The molecule has 2 aliphatic rings. The van der Waals surface area contributed by atoms with Crippen LogP contribution in [0.1, 0.15) is 67.9 Å². The van der Waals surface area contributed by atoms with E-state index in [9.17, 15) is 4.39 Å². The molecule has 0 amide bonds. The number of fused-ring (bicyclic) bond motifs is 6. The molecule has 12 rings (SSSR count). The number of nitrogens with zero attached hydrogens (tertiary/aromatic N) is 3. The summed E-state index contributed by atoms with van der Waals surface area (Å²) in [6, 6.07) is 59.8. The average molecular weight is 1420 g/mol. The zero-order chi connectivity index (χ0) is 65.9. The highest BCUT2D eigenvalue weighted by molar-refractivity contribution is 9.08. The minimum atomic E-state index is -1.00. The van der Waals surface area contributed by atoms with Crippen LogP contribution in [-0.4, -0.2) is 127 Å². The van der Waals surface area contributed by atoms with E-state index in [1.54, 1.807) is 28.4 Å². The molecule has 0 saturated carbocycles. The number of rotatable bonds is 25. The maximum Gasteiger partial charge on any atom is 0.493 e. The summed E-state index contributed by atoms with van der Waals surface area (Å²) >= 11 is 3.49. The van der Waals surface area contributed by atoms with Crippen LogP contribution in [0.15, 0.2) is 188 Å². The molecule has 0 aliphatic carbocycles. The van der Waals surface area contributed by atoms with Gasteiger partial charge < -0.3 is 73.9 Å². The molecule has 3 aromatic heterocycles. The molecule has 5 heterocycles. The normalized spacial score (nSPS) is 12.9. The molecule has 0 radical (unpaired) electrons. The monoisotopic (exact) mass is 1420 g/mol. The highest BCUT2D eigenvalue weighted by atomic mass is 79.9. The van der Waals surface area contributed by atoms with Crippen molar-refractivity contribution in [3.63, 3.8) is 0 Å². The number of aromatic nitrogens is 3. The van der Waals surface area contributed by atoms with Gasteiger partial charge in [0.15, 0.2) is 38.2 Å². The molecule has 22 heteroatoms. The van der Waals surface area contributed by atoms with Gasteiger partial charge in [0.1, 0.15) is 0 Å². The number of aliphatic hydroxyl groups is 2. The first-order valence-corrected chi connectivity index (χ1v) is 32.7. The Hall–Kier alpha value is -6.30. The van der Waals surface area contributed by atoms with Gasteiger partial charge in [-0.05, 0) is 105 Å². The largest absolute Gasteiger partial charge is 1.00 e. The van der Waals surface area contributed by atoms with Gasteiger partial charge in [-0.25, -0.2) is 0 Å². The van der Waals surface area contributed by atoms with Crippen LogP contribution < -0.4 is 52.5 Å². The third-order valence-electron chi connectivity index (χ3n) is 16.0. The number of benzene rings is 7. The molecule has 2 fully saturated rings. The SMILES string of the molecule is C.COB(OC)c1cccc(C[n+]2cccc3c4ccc[n+](Cc5cc(COCCCO)cc(B6OCCCO6)c5)c4ccc32)c1.COB(OC)c1cccc(C[n+]2cccc3c4ccccc4ccc32)c1.OCCCOCc1cc(CBr)cc(B2OCCCO2)c1.[2H]CF.[Br-]. The van der Waals surface area contributed by atoms with Crippen LogP contribution in [0.4, 0.5) is 4.39 Å². The van der Waals surface area contributed by atoms with Gasteiger partial charge in [0.2, 0.25) is 16.6 Å². The van der Waals surface area contributed by atoms with Crippen LogP contribution in [0, 0.1) is 0 Å². The Morgan fingerprint density at radius 2 is 0.874 bits per heavy atom. The Morgan fingerprint density at radius 3 is 1.32 bits per heavy atom. The third kappa shape index (κ3) is 21.1. The molecule has 7 aromatic carbocycles. The smallest absolute Gasteiger partial charge is 0.493 e. The molecule has 15 nitrogen and oxygen atoms in total. The number of aliphatic hydroxyl groups excluding tert-OH is 2. The summed E-state index contributed by atoms with van der Waals surface area (Å²) in [5, 5.41) is 24.9. The average Bonchev–Trinajstić information content (AvgIpc) is 0.781. The second kappa shape index (κ2) is 40.4. The van der Waals surface area contributed by atoms with E-state index >= 15 is 0 Å². The van der Waals surface area contributed by atoms with Crippen LogP contribution in [0.5, 0.6) is 0 Å². The van der Waals surface area contributed by atoms with Crippen molar-refractivity contribution in [3.8, 4) is 0 Å². The number of ether oxygens (including phenoxy) is 2. The van der Waals surface area contributed by atoms with E-state index in [0.29, 0.717) is 59.0 Å². The molecule has 95 heavy (non-hydrogen) atoms. The van der Waals surface area contributed by atoms with Crippen molar-refractivity contribution < 1.29 is 93.4 Å². The fourth-order valence-electron chi connectivity index (χ4n) is 11.8. The number of pyridine rings is 3. The number of hydrogen-bond donors (Lipinski definition) is 2. The van der Waals surface area contributed by atoms with Crippen LogP contribution in [0.3, 0.4) is 0 Å². The van der Waals surface area contributed by atoms with Crippen LogP contribution in [-0.2, 0) is 84.9 Å². The number of alkyl halides is 2. The van der Waals surface area contributed by atoms with Gasteiger partial charge in [0.25, 0.3) is 0 Å². The Kier molecular flexibility index (Phi) is 31.7. The van der Waals surface area contributed by atoms with Crippen molar-refractivity contribution in [2.24, 2.45) is 0 Å². The van der Waals surface area contributed by atoms with E-state index in [2.05, 4.69) is 200 Å². The fraction of sp³-hybridized carbons (Fsp3) is 0.329. The van der Waals surface area contributed by atoms with Crippen LogP contribution in [0.25, 0.3) is 43.5 Å². The van der Waals surface area contributed by atoms with Crippen molar-refractivity contribution in [2.75, 3.05) is 88.4 Å². The molecule has 10 aromatic rings. The van der Waals surface area contributed by atoms with Crippen molar-refractivity contribution in [3.05, 3.63) is 222 Å². The molecule has 2 N–H and O–H groups in total. The predicted molar refractivity (Wildman–Crippen MR) is 378 cm³/mol. The molecular formula is C73H88B4Br2FN3O12+2. The Labute approximate surface area is 581 Å². The zero-order valence-corrected chi connectivity index (χ0v) is 57.3. The number of hydrogen-bond acceptors (Lipinski definition) is 12. The second-order valence-corrected chi connectivity index (χ2v) is 23.1. The van der Waals surface area contributed by atoms with E-state index in [-0.39, 0.29) is 66.1 Å². The van der Waals surface area contributed by atoms with Gasteiger partial charge in [-0.3, -0.25) is 4.39 Å². The summed E-state index contributed by atoms with van der Waals surface area (Å²) in [4.78, 5) is 0. The fourth-order valence-corrected chi connectivity index (χ4v) is 12.1. The first-order valence-electron chi connectivity index (χ1n) is 32.2. The Morgan fingerprint density at radius 1 is 0.484 bits per heavy atom. The molecule has 2 saturated heterocycles. The summed E-state index contributed by atoms with van der Waals surface area (Å²) in [6.07, 6.45) is 9.54. The predicted octanol–water partition coefficient (Wildman–Crippen LogP) is 5.84. The standard InChI is InChI=1S/C35H40B2N2O6.C22H21BNO2.C14H20BBrO4.CH3F.CH4.BrH/c1-41-36(42-2)30-9-3-8-27(21-30)24-38-14-4-10-32-33-11-5-15-39(35(33)13-12-34(32)38)25-28-20-29(26-43-17-6-16-40)23-31(22-28)37-44-18-7-19-45-37;1-25-23(26-2)19-9-5-7-17(15-19)16-24-14-6-11-21-20-10-4-3-8-18(20)12-13-22(21)24;16-10-12-7-13(11-18-4-1-3-17)9-14(8-12)15-19-5-2-6-20-15;1-2;;/h3-5,8-15,20-23,40H,6-7,16-19,24-26H2,1-2H3;3-15H,16H2,1-2H3;7-9,17H,1-6,10-11H2;1H3;1H4;1H/q+2;+1;;;;/p-1/i;;;1D;;. The summed E-state index contributed by atoms with van der Waals surface area (Å²) < 4.78 is 78.7. The lowest BCUT2D eigenvalue weighted by Crippen LogP contribution is -3.00. The molecule has 0 bridgehead atoms. The Balaban J connectivity index is 0.000000216. The van der Waals surface area contributed by atoms with Crippen molar-refractivity contribution >= 4 is 110 Å². The molecular weight excluding hydrogens is 1330 g/mol. The van der Waals surface area contributed by atoms with Crippen LogP contribution in [0.2, 0.25) is 0 Å². The van der Waals surface area contributed by atoms with E-state index in [4.69, 9.17) is 58.3 Å². The second-order valence-electron chi connectivity index (χ2n) is 22.6. The first kappa shape index (κ1) is 74.5. The van der Waals surface area contributed by atoms with E-state index < -0.39 is 7.15 Å².